The normalized spacial score (nSPS) is 29.7. The topological polar surface area (TPSA) is 78.4 Å². The van der Waals surface area contributed by atoms with Crippen LogP contribution in [0.3, 0.4) is 0 Å². The maximum absolute atomic E-state index is 10.6. The van der Waals surface area contributed by atoms with Gasteiger partial charge in [0.15, 0.2) is 0 Å². The molecule has 3 atom stereocenters. The van der Waals surface area contributed by atoms with E-state index in [0.29, 0.717) is 5.75 Å². The average Bonchev–Trinajstić information content (AvgIpc) is 2.38. The number of nitrogens with two attached hydrogens (primary N) is 1. The molecule has 3 unspecified atom stereocenters. The van der Waals surface area contributed by atoms with Crippen molar-refractivity contribution in [3.8, 4) is 5.75 Å². The summed E-state index contributed by atoms with van der Waals surface area (Å²) < 4.78 is 5.86. The van der Waals surface area contributed by atoms with Crippen LogP contribution in [-0.2, 0) is 0 Å². The number of hydrogen-bond donors (Lipinski definition) is 1. The Bertz CT molecular complexity index is 509. The minimum absolute atomic E-state index is 0.00598. The molecule has 2 rings (SSSR count). The Morgan fingerprint density at radius 2 is 2.32 bits per heavy atom. The molecule has 104 valence electrons. The fourth-order valence-corrected chi connectivity index (χ4v) is 2.59. The molecular formula is C13H17ClN2O3. The molecule has 1 aromatic rings. The predicted octanol–water partition coefficient (Wildman–Crippen LogP) is 3.14. The van der Waals surface area contributed by atoms with Gasteiger partial charge in [0.05, 0.1) is 9.95 Å². The molecule has 0 radical (unpaired) electrons. The lowest BCUT2D eigenvalue weighted by Crippen LogP contribution is -2.61. The van der Waals surface area contributed by atoms with Crippen molar-refractivity contribution < 1.29 is 9.66 Å². The van der Waals surface area contributed by atoms with Gasteiger partial charge in [0.2, 0.25) is 0 Å². The van der Waals surface area contributed by atoms with Gasteiger partial charge in [0.1, 0.15) is 11.9 Å². The van der Waals surface area contributed by atoms with Crippen molar-refractivity contribution in [3.63, 3.8) is 0 Å². The van der Waals surface area contributed by atoms with Gasteiger partial charge in [-0.15, -0.1) is 0 Å². The second kappa shape index (κ2) is 4.98. The van der Waals surface area contributed by atoms with Crippen LogP contribution in [-0.4, -0.2) is 17.1 Å². The minimum Gasteiger partial charge on any atom is -0.488 e. The molecule has 0 aromatic heterocycles. The van der Waals surface area contributed by atoms with Crippen LogP contribution in [0.5, 0.6) is 5.75 Å². The van der Waals surface area contributed by atoms with Gasteiger partial charge in [-0.2, -0.15) is 0 Å². The number of nitro benzene ring substituents is 1. The van der Waals surface area contributed by atoms with Crippen LogP contribution < -0.4 is 10.5 Å². The summed E-state index contributed by atoms with van der Waals surface area (Å²) in [6.45, 7) is 4.16. The van der Waals surface area contributed by atoms with Crippen LogP contribution in [0.4, 0.5) is 5.69 Å². The number of nitrogens with zero attached hydrogens (tertiary/aromatic N) is 1. The molecule has 6 heteroatoms. The van der Waals surface area contributed by atoms with Crippen molar-refractivity contribution in [2.24, 2.45) is 11.1 Å². The number of rotatable bonds is 4. The summed E-state index contributed by atoms with van der Waals surface area (Å²) in [5.74, 6) is 0.476. The standard InChI is InChI=1S/C13H17ClN2O3/c1-3-13(2)11(15)7-12(13)19-10-5-4-8(16(17)18)6-9(10)14/h4-6,11-12H,3,7,15H2,1-2H3. The van der Waals surface area contributed by atoms with Crippen molar-refractivity contribution >= 4 is 17.3 Å². The highest BCUT2D eigenvalue weighted by molar-refractivity contribution is 6.32. The van der Waals surface area contributed by atoms with Gasteiger partial charge in [0.25, 0.3) is 5.69 Å². The van der Waals surface area contributed by atoms with E-state index < -0.39 is 4.92 Å². The molecule has 1 aliphatic carbocycles. The summed E-state index contributed by atoms with van der Waals surface area (Å²) >= 11 is 6.01. The summed E-state index contributed by atoms with van der Waals surface area (Å²) in [7, 11) is 0. The first kappa shape index (κ1) is 14.1. The molecular weight excluding hydrogens is 268 g/mol. The smallest absolute Gasteiger partial charge is 0.271 e. The van der Waals surface area contributed by atoms with Crippen LogP contribution >= 0.6 is 11.6 Å². The number of halogens is 1. The van der Waals surface area contributed by atoms with Gasteiger partial charge in [-0.05, 0) is 12.5 Å². The molecule has 5 nitrogen and oxygen atoms in total. The van der Waals surface area contributed by atoms with Gasteiger partial charge >= 0.3 is 0 Å². The Kier molecular flexibility index (Phi) is 3.69. The van der Waals surface area contributed by atoms with E-state index in [-0.39, 0.29) is 28.3 Å². The van der Waals surface area contributed by atoms with E-state index in [1.807, 2.05) is 0 Å². The fourth-order valence-electron chi connectivity index (χ4n) is 2.37. The van der Waals surface area contributed by atoms with Gasteiger partial charge in [0, 0.05) is 30.0 Å². The van der Waals surface area contributed by atoms with Gasteiger partial charge < -0.3 is 10.5 Å². The first-order valence-corrected chi connectivity index (χ1v) is 6.62. The molecule has 1 aromatic carbocycles. The van der Waals surface area contributed by atoms with E-state index in [4.69, 9.17) is 22.1 Å². The fraction of sp³-hybridized carbons (Fsp3) is 0.538. The molecule has 0 bridgehead atoms. The summed E-state index contributed by atoms with van der Waals surface area (Å²) in [5.41, 5.74) is 5.91. The Morgan fingerprint density at radius 3 is 2.79 bits per heavy atom. The zero-order valence-corrected chi connectivity index (χ0v) is 11.7. The minimum atomic E-state index is -0.481. The molecule has 1 aliphatic rings. The van der Waals surface area contributed by atoms with E-state index in [0.717, 1.165) is 12.8 Å². The Morgan fingerprint density at radius 1 is 1.63 bits per heavy atom. The lowest BCUT2D eigenvalue weighted by Gasteiger charge is -2.51. The summed E-state index contributed by atoms with van der Waals surface area (Å²) in [5, 5.41) is 10.9. The SMILES string of the molecule is CCC1(C)C(N)CC1Oc1ccc([N+](=O)[O-])cc1Cl. The first-order chi connectivity index (χ1) is 8.88. The molecule has 0 spiro atoms. The highest BCUT2D eigenvalue weighted by Crippen LogP contribution is 2.45. The maximum atomic E-state index is 10.6. The molecule has 0 amide bonds. The molecule has 1 saturated carbocycles. The molecule has 0 saturated heterocycles. The second-order valence-corrected chi connectivity index (χ2v) is 5.59. The van der Waals surface area contributed by atoms with Gasteiger partial charge in [-0.1, -0.05) is 25.4 Å². The lowest BCUT2D eigenvalue weighted by atomic mass is 9.62. The van der Waals surface area contributed by atoms with Crippen molar-refractivity contribution in [1.29, 1.82) is 0 Å². The van der Waals surface area contributed by atoms with Crippen LogP contribution in [0, 0.1) is 15.5 Å². The monoisotopic (exact) mass is 284 g/mol. The van der Waals surface area contributed by atoms with Gasteiger partial charge in [-0.25, -0.2) is 0 Å². The van der Waals surface area contributed by atoms with Crippen LogP contribution in [0.15, 0.2) is 18.2 Å². The van der Waals surface area contributed by atoms with Crippen LogP contribution in [0.1, 0.15) is 26.7 Å². The van der Waals surface area contributed by atoms with E-state index in [1.165, 1.54) is 12.1 Å². The van der Waals surface area contributed by atoms with Crippen molar-refractivity contribution in [2.75, 3.05) is 0 Å². The number of benzene rings is 1. The average molecular weight is 285 g/mol. The summed E-state index contributed by atoms with van der Waals surface area (Å²) in [4.78, 5) is 10.2. The lowest BCUT2D eigenvalue weighted by molar-refractivity contribution is -0.384. The molecule has 0 heterocycles. The second-order valence-electron chi connectivity index (χ2n) is 5.18. The molecule has 0 aliphatic heterocycles. The quantitative estimate of drug-likeness (QED) is 0.680. The summed E-state index contributed by atoms with van der Waals surface area (Å²) in [6, 6.07) is 4.36. The number of nitro groups is 1. The third-order valence-electron chi connectivity index (χ3n) is 4.21. The highest BCUT2D eigenvalue weighted by Gasteiger charge is 2.50. The first-order valence-electron chi connectivity index (χ1n) is 6.24. The maximum Gasteiger partial charge on any atom is 0.271 e. The van der Waals surface area contributed by atoms with E-state index in [1.54, 1.807) is 6.07 Å². The third kappa shape index (κ3) is 2.40. The number of non-ortho nitro benzene ring substituents is 1. The van der Waals surface area contributed by atoms with Crippen molar-refractivity contribution in [2.45, 2.75) is 38.8 Å². The Balaban J connectivity index is 2.15. The molecule has 2 N–H and O–H groups in total. The number of hydrogen-bond acceptors (Lipinski definition) is 4. The Hall–Kier alpha value is -1.33. The van der Waals surface area contributed by atoms with E-state index in [9.17, 15) is 10.1 Å². The van der Waals surface area contributed by atoms with Crippen molar-refractivity contribution in [1.82, 2.24) is 0 Å². The van der Waals surface area contributed by atoms with Crippen LogP contribution in [0.2, 0.25) is 5.02 Å². The van der Waals surface area contributed by atoms with Crippen molar-refractivity contribution in [3.05, 3.63) is 33.3 Å². The third-order valence-corrected chi connectivity index (χ3v) is 4.50. The summed E-state index contributed by atoms with van der Waals surface area (Å²) in [6.07, 6.45) is 1.70. The van der Waals surface area contributed by atoms with Gasteiger partial charge in [-0.3, -0.25) is 10.1 Å². The highest BCUT2D eigenvalue weighted by atomic mass is 35.5. The van der Waals surface area contributed by atoms with Crippen LogP contribution in [0.25, 0.3) is 0 Å². The zero-order valence-electron chi connectivity index (χ0n) is 10.9. The molecule has 19 heavy (non-hydrogen) atoms. The zero-order chi connectivity index (χ0) is 14.2. The largest absolute Gasteiger partial charge is 0.488 e. The van der Waals surface area contributed by atoms with E-state index >= 15 is 0 Å². The van der Waals surface area contributed by atoms with E-state index in [2.05, 4.69) is 13.8 Å². The Labute approximate surface area is 116 Å². The predicted molar refractivity (Wildman–Crippen MR) is 73.5 cm³/mol. The molecule has 1 fully saturated rings. The number of ether oxygens (including phenoxy) is 1.